The Balaban J connectivity index is 1.88. The minimum atomic E-state index is 0.569. The standard InChI is InChI=1S/C12H24N2/c1-12(2)6-9-14(10-12)11-4-3-7-13-8-5-11/h11,13H,3-10H2,1-2H3. The van der Waals surface area contributed by atoms with Gasteiger partial charge in [0.05, 0.1) is 0 Å². The van der Waals surface area contributed by atoms with Crippen molar-refractivity contribution in [3.05, 3.63) is 0 Å². The summed E-state index contributed by atoms with van der Waals surface area (Å²) in [6, 6.07) is 0.867. The Bertz CT molecular complexity index is 178. The third-order valence-corrected chi connectivity index (χ3v) is 3.77. The number of nitrogens with zero attached hydrogens (tertiary/aromatic N) is 1. The van der Waals surface area contributed by atoms with Crippen LogP contribution in [0.1, 0.15) is 39.5 Å². The minimum absolute atomic E-state index is 0.569. The van der Waals surface area contributed by atoms with Gasteiger partial charge in [0.15, 0.2) is 0 Å². The van der Waals surface area contributed by atoms with Crippen LogP contribution < -0.4 is 5.32 Å². The van der Waals surface area contributed by atoms with Crippen molar-refractivity contribution in [1.29, 1.82) is 0 Å². The Kier molecular flexibility index (Phi) is 3.13. The van der Waals surface area contributed by atoms with E-state index in [9.17, 15) is 0 Å². The highest BCUT2D eigenvalue weighted by molar-refractivity contribution is 4.87. The van der Waals surface area contributed by atoms with Crippen molar-refractivity contribution in [2.45, 2.75) is 45.6 Å². The summed E-state index contributed by atoms with van der Waals surface area (Å²) >= 11 is 0. The molecule has 0 saturated carbocycles. The third kappa shape index (κ3) is 2.48. The predicted octanol–water partition coefficient (Wildman–Crippen LogP) is 1.86. The highest BCUT2D eigenvalue weighted by Crippen LogP contribution is 2.31. The van der Waals surface area contributed by atoms with E-state index in [2.05, 4.69) is 24.1 Å². The summed E-state index contributed by atoms with van der Waals surface area (Å²) in [5, 5.41) is 3.49. The Morgan fingerprint density at radius 2 is 2.07 bits per heavy atom. The van der Waals surface area contributed by atoms with E-state index in [0.29, 0.717) is 5.41 Å². The Morgan fingerprint density at radius 3 is 2.79 bits per heavy atom. The first-order valence-corrected chi connectivity index (χ1v) is 6.12. The highest BCUT2D eigenvalue weighted by atomic mass is 15.2. The summed E-state index contributed by atoms with van der Waals surface area (Å²) in [6.45, 7) is 9.91. The largest absolute Gasteiger partial charge is 0.317 e. The molecule has 0 aliphatic carbocycles. The number of rotatable bonds is 1. The fraction of sp³-hybridized carbons (Fsp3) is 1.00. The smallest absolute Gasteiger partial charge is 0.0108 e. The maximum Gasteiger partial charge on any atom is 0.0108 e. The van der Waals surface area contributed by atoms with Crippen molar-refractivity contribution in [2.24, 2.45) is 5.41 Å². The summed E-state index contributed by atoms with van der Waals surface area (Å²) in [5.74, 6) is 0. The van der Waals surface area contributed by atoms with Crippen LogP contribution in [0.4, 0.5) is 0 Å². The number of nitrogens with one attached hydrogen (secondary N) is 1. The van der Waals surface area contributed by atoms with E-state index in [-0.39, 0.29) is 0 Å². The van der Waals surface area contributed by atoms with E-state index in [1.807, 2.05) is 0 Å². The highest BCUT2D eigenvalue weighted by Gasteiger charge is 2.32. The van der Waals surface area contributed by atoms with Gasteiger partial charge in [0.1, 0.15) is 0 Å². The van der Waals surface area contributed by atoms with Gasteiger partial charge >= 0.3 is 0 Å². The topological polar surface area (TPSA) is 15.3 Å². The zero-order chi connectivity index (χ0) is 10.0. The molecule has 82 valence electrons. The summed E-state index contributed by atoms with van der Waals surface area (Å²) in [6.07, 6.45) is 5.51. The second-order valence-corrected chi connectivity index (χ2v) is 5.72. The van der Waals surface area contributed by atoms with E-state index in [1.165, 1.54) is 51.9 Å². The molecule has 2 nitrogen and oxygen atoms in total. The maximum atomic E-state index is 3.49. The van der Waals surface area contributed by atoms with Gasteiger partial charge in [-0.15, -0.1) is 0 Å². The van der Waals surface area contributed by atoms with Gasteiger partial charge in [0.25, 0.3) is 0 Å². The van der Waals surface area contributed by atoms with Crippen molar-refractivity contribution >= 4 is 0 Å². The van der Waals surface area contributed by atoms with Crippen molar-refractivity contribution in [2.75, 3.05) is 26.2 Å². The van der Waals surface area contributed by atoms with E-state index in [1.54, 1.807) is 0 Å². The monoisotopic (exact) mass is 196 g/mol. The van der Waals surface area contributed by atoms with Crippen LogP contribution in [0.25, 0.3) is 0 Å². The van der Waals surface area contributed by atoms with Crippen molar-refractivity contribution < 1.29 is 0 Å². The first kappa shape index (κ1) is 10.4. The lowest BCUT2D eigenvalue weighted by Gasteiger charge is -2.27. The van der Waals surface area contributed by atoms with Gasteiger partial charge in [-0.25, -0.2) is 0 Å². The number of likely N-dealkylation sites (tertiary alicyclic amines) is 1. The summed E-state index contributed by atoms with van der Waals surface area (Å²) in [7, 11) is 0. The fourth-order valence-electron chi connectivity index (χ4n) is 2.83. The molecule has 1 unspecified atom stereocenters. The van der Waals surface area contributed by atoms with E-state index < -0.39 is 0 Å². The molecule has 2 saturated heterocycles. The minimum Gasteiger partial charge on any atom is -0.317 e. The third-order valence-electron chi connectivity index (χ3n) is 3.77. The lowest BCUT2D eigenvalue weighted by Crippen LogP contribution is -2.35. The molecule has 2 heteroatoms. The van der Waals surface area contributed by atoms with Crippen LogP contribution in [-0.2, 0) is 0 Å². The molecule has 0 aromatic rings. The molecule has 0 bridgehead atoms. The van der Waals surface area contributed by atoms with Crippen LogP contribution in [0.3, 0.4) is 0 Å². The first-order valence-electron chi connectivity index (χ1n) is 6.12. The van der Waals surface area contributed by atoms with Crippen LogP contribution in [0.15, 0.2) is 0 Å². The van der Waals surface area contributed by atoms with Crippen molar-refractivity contribution in [1.82, 2.24) is 10.2 Å². The van der Waals surface area contributed by atoms with E-state index in [0.717, 1.165) is 6.04 Å². The van der Waals surface area contributed by atoms with Crippen molar-refractivity contribution in [3.63, 3.8) is 0 Å². The Labute approximate surface area is 88.1 Å². The van der Waals surface area contributed by atoms with E-state index in [4.69, 9.17) is 0 Å². The normalized spacial score (nSPS) is 34.3. The summed E-state index contributed by atoms with van der Waals surface area (Å²) < 4.78 is 0. The molecule has 2 heterocycles. The van der Waals surface area contributed by atoms with Gasteiger partial charge in [0, 0.05) is 12.6 Å². The molecule has 2 aliphatic rings. The molecule has 0 radical (unpaired) electrons. The SMILES string of the molecule is CC1(C)CCN(C2CCCNCC2)C1. The lowest BCUT2D eigenvalue weighted by molar-refractivity contribution is 0.202. The van der Waals surface area contributed by atoms with E-state index >= 15 is 0 Å². The summed E-state index contributed by atoms with van der Waals surface area (Å²) in [5.41, 5.74) is 0.569. The quantitative estimate of drug-likeness (QED) is 0.688. The Morgan fingerprint density at radius 1 is 1.21 bits per heavy atom. The van der Waals surface area contributed by atoms with Gasteiger partial charge in [-0.3, -0.25) is 4.90 Å². The zero-order valence-electron chi connectivity index (χ0n) is 9.68. The lowest BCUT2D eigenvalue weighted by atomic mass is 9.93. The average molecular weight is 196 g/mol. The average Bonchev–Trinajstić information content (AvgIpc) is 2.42. The van der Waals surface area contributed by atoms with Crippen LogP contribution in [-0.4, -0.2) is 37.1 Å². The van der Waals surface area contributed by atoms with Crippen molar-refractivity contribution in [3.8, 4) is 0 Å². The molecule has 2 aliphatic heterocycles. The van der Waals surface area contributed by atoms with Gasteiger partial charge in [0.2, 0.25) is 0 Å². The zero-order valence-corrected chi connectivity index (χ0v) is 9.68. The van der Waals surface area contributed by atoms with Gasteiger partial charge in [-0.1, -0.05) is 13.8 Å². The van der Waals surface area contributed by atoms with Crippen LogP contribution in [0.5, 0.6) is 0 Å². The molecule has 0 aromatic carbocycles. The number of hydrogen-bond acceptors (Lipinski definition) is 2. The van der Waals surface area contributed by atoms with Crippen LogP contribution in [0.2, 0.25) is 0 Å². The first-order chi connectivity index (χ1) is 6.67. The fourth-order valence-corrected chi connectivity index (χ4v) is 2.83. The molecule has 14 heavy (non-hydrogen) atoms. The van der Waals surface area contributed by atoms with Gasteiger partial charge in [-0.05, 0) is 50.7 Å². The second-order valence-electron chi connectivity index (χ2n) is 5.72. The summed E-state index contributed by atoms with van der Waals surface area (Å²) in [4.78, 5) is 2.73. The molecule has 1 N–H and O–H groups in total. The molecule has 1 atom stereocenters. The number of hydrogen-bond donors (Lipinski definition) is 1. The predicted molar refractivity (Wildman–Crippen MR) is 60.5 cm³/mol. The van der Waals surface area contributed by atoms with Gasteiger partial charge in [-0.2, -0.15) is 0 Å². The Hall–Kier alpha value is -0.0800. The van der Waals surface area contributed by atoms with Crippen LogP contribution >= 0.6 is 0 Å². The van der Waals surface area contributed by atoms with Gasteiger partial charge < -0.3 is 5.32 Å². The molecular weight excluding hydrogens is 172 g/mol. The molecule has 0 amide bonds. The second kappa shape index (κ2) is 4.19. The molecule has 2 fully saturated rings. The molecule has 0 spiro atoms. The van der Waals surface area contributed by atoms with Crippen LogP contribution in [0, 0.1) is 5.41 Å². The molecule has 0 aromatic heterocycles. The molecular formula is C12H24N2. The maximum absolute atomic E-state index is 3.49. The molecule has 2 rings (SSSR count).